The van der Waals surface area contributed by atoms with Gasteiger partial charge >= 0.3 is 0 Å². The van der Waals surface area contributed by atoms with Gasteiger partial charge in [0.1, 0.15) is 23.8 Å². The highest BCUT2D eigenvalue weighted by Crippen LogP contribution is 2.27. The lowest BCUT2D eigenvalue weighted by molar-refractivity contribution is 0.630. The van der Waals surface area contributed by atoms with Crippen LogP contribution in [0.25, 0.3) is 22.3 Å². The van der Waals surface area contributed by atoms with Crippen LogP contribution >= 0.6 is 0 Å². The van der Waals surface area contributed by atoms with Crippen LogP contribution < -0.4 is 5.32 Å². The molecule has 0 saturated carbocycles. The van der Waals surface area contributed by atoms with Gasteiger partial charge in [-0.15, -0.1) is 0 Å². The van der Waals surface area contributed by atoms with Gasteiger partial charge in [0.25, 0.3) is 0 Å². The molecule has 0 unspecified atom stereocenters. The Morgan fingerprint density at radius 2 is 1.71 bits per heavy atom. The molecule has 0 radical (unpaired) electrons. The number of para-hydroxylation sites is 1. The fraction of sp³-hybridized carbons (Fsp3) is 0. The number of hydrogen-bond acceptors (Lipinski definition) is 5. The van der Waals surface area contributed by atoms with Crippen LogP contribution in [0.4, 0.5) is 16.0 Å². The van der Waals surface area contributed by atoms with E-state index in [2.05, 4.69) is 25.3 Å². The summed E-state index contributed by atoms with van der Waals surface area (Å²) in [6.45, 7) is 0. The van der Waals surface area contributed by atoms with E-state index < -0.39 is 0 Å². The SMILES string of the molecule is Fc1ccccc1-c1nc(Nc2ccncn2)c2ccccc2n1. The maximum absolute atomic E-state index is 14.1. The van der Waals surface area contributed by atoms with Crippen LogP contribution in [-0.4, -0.2) is 19.9 Å². The zero-order valence-corrected chi connectivity index (χ0v) is 12.5. The van der Waals surface area contributed by atoms with E-state index in [0.29, 0.717) is 23.0 Å². The van der Waals surface area contributed by atoms with Crippen molar-refractivity contribution in [3.05, 3.63) is 72.9 Å². The van der Waals surface area contributed by atoms with Crippen molar-refractivity contribution < 1.29 is 4.39 Å². The summed E-state index contributed by atoms with van der Waals surface area (Å²) in [7, 11) is 0. The first-order valence-corrected chi connectivity index (χ1v) is 7.36. The largest absolute Gasteiger partial charge is 0.324 e. The van der Waals surface area contributed by atoms with Crippen molar-refractivity contribution in [2.24, 2.45) is 0 Å². The number of nitrogens with one attached hydrogen (secondary N) is 1. The average Bonchev–Trinajstić information content (AvgIpc) is 2.63. The van der Waals surface area contributed by atoms with Gasteiger partial charge < -0.3 is 5.32 Å². The molecule has 2 aromatic heterocycles. The predicted molar refractivity (Wildman–Crippen MR) is 90.2 cm³/mol. The quantitative estimate of drug-likeness (QED) is 0.619. The van der Waals surface area contributed by atoms with Crippen molar-refractivity contribution >= 4 is 22.5 Å². The lowest BCUT2D eigenvalue weighted by Crippen LogP contribution is -2.01. The van der Waals surface area contributed by atoms with Gasteiger partial charge in [-0.05, 0) is 30.3 Å². The lowest BCUT2D eigenvalue weighted by Gasteiger charge is -2.10. The molecule has 0 spiro atoms. The molecule has 0 fully saturated rings. The van der Waals surface area contributed by atoms with Crippen LogP contribution in [0.5, 0.6) is 0 Å². The van der Waals surface area contributed by atoms with Gasteiger partial charge in [-0.3, -0.25) is 0 Å². The van der Waals surface area contributed by atoms with Crippen molar-refractivity contribution in [3.63, 3.8) is 0 Å². The standard InChI is InChI=1S/C18H12FN5/c19-14-7-3-1-5-12(14)17-22-15-8-4-2-6-13(15)18(24-17)23-16-9-10-20-11-21-16/h1-11H,(H,20,21,22,23,24). The molecular formula is C18H12FN5. The number of halogens is 1. The average molecular weight is 317 g/mol. The fourth-order valence-corrected chi connectivity index (χ4v) is 2.42. The van der Waals surface area contributed by atoms with E-state index in [-0.39, 0.29) is 5.82 Å². The van der Waals surface area contributed by atoms with E-state index >= 15 is 0 Å². The number of benzene rings is 2. The Hall–Kier alpha value is -3.41. The van der Waals surface area contributed by atoms with Crippen molar-refractivity contribution in [1.29, 1.82) is 0 Å². The highest BCUT2D eigenvalue weighted by atomic mass is 19.1. The normalized spacial score (nSPS) is 10.7. The van der Waals surface area contributed by atoms with Crippen LogP contribution in [0.2, 0.25) is 0 Å². The third-order valence-electron chi connectivity index (χ3n) is 3.55. The van der Waals surface area contributed by atoms with Crippen LogP contribution in [0, 0.1) is 5.82 Å². The minimum Gasteiger partial charge on any atom is -0.324 e. The van der Waals surface area contributed by atoms with E-state index in [1.54, 1.807) is 30.5 Å². The molecule has 0 bridgehead atoms. The predicted octanol–water partition coefficient (Wildman–Crippen LogP) is 3.97. The molecule has 2 heterocycles. The zero-order chi connectivity index (χ0) is 16.4. The van der Waals surface area contributed by atoms with Crippen LogP contribution in [0.3, 0.4) is 0 Å². The maximum atomic E-state index is 14.1. The molecule has 116 valence electrons. The van der Waals surface area contributed by atoms with Crippen molar-refractivity contribution in [3.8, 4) is 11.4 Å². The van der Waals surface area contributed by atoms with Crippen molar-refractivity contribution in [2.75, 3.05) is 5.32 Å². The molecule has 4 aromatic rings. The third kappa shape index (κ3) is 2.65. The Morgan fingerprint density at radius 3 is 2.54 bits per heavy atom. The van der Waals surface area contributed by atoms with Gasteiger partial charge in [0.2, 0.25) is 0 Å². The smallest absolute Gasteiger partial charge is 0.165 e. The first-order chi connectivity index (χ1) is 11.8. The summed E-state index contributed by atoms with van der Waals surface area (Å²) in [6.07, 6.45) is 3.08. The van der Waals surface area contributed by atoms with Gasteiger partial charge in [0.15, 0.2) is 5.82 Å². The number of hydrogen-bond donors (Lipinski definition) is 1. The second-order valence-corrected chi connectivity index (χ2v) is 5.11. The second kappa shape index (κ2) is 6.00. The second-order valence-electron chi connectivity index (χ2n) is 5.11. The number of rotatable bonds is 3. The van der Waals surface area contributed by atoms with Crippen LogP contribution in [-0.2, 0) is 0 Å². The maximum Gasteiger partial charge on any atom is 0.165 e. The Bertz CT molecular complexity index is 1000. The summed E-state index contributed by atoms with van der Waals surface area (Å²) in [5.41, 5.74) is 1.08. The Labute approximate surface area is 137 Å². The zero-order valence-electron chi connectivity index (χ0n) is 12.5. The topological polar surface area (TPSA) is 63.6 Å². The first-order valence-electron chi connectivity index (χ1n) is 7.36. The molecular weight excluding hydrogens is 305 g/mol. The van der Waals surface area contributed by atoms with Gasteiger partial charge in [0, 0.05) is 11.6 Å². The first kappa shape index (κ1) is 14.2. The minimum absolute atomic E-state index is 0.323. The molecule has 6 heteroatoms. The Balaban J connectivity index is 1.90. The fourth-order valence-electron chi connectivity index (χ4n) is 2.42. The van der Waals surface area contributed by atoms with Crippen LogP contribution in [0.15, 0.2) is 67.1 Å². The monoisotopic (exact) mass is 317 g/mol. The Morgan fingerprint density at radius 1 is 0.875 bits per heavy atom. The molecule has 0 aliphatic carbocycles. The summed E-state index contributed by atoms with van der Waals surface area (Å²) in [5.74, 6) is 1.13. The molecule has 2 aromatic carbocycles. The molecule has 1 N–H and O–H groups in total. The summed E-state index contributed by atoms with van der Waals surface area (Å²) in [5, 5.41) is 3.98. The molecule has 5 nitrogen and oxygen atoms in total. The Kier molecular flexibility index (Phi) is 3.55. The summed E-state index contributed by atoms with van der Waals surface area (Å²) >= 11 is 0. The lowest BCUT2D eigenvalue weighted by atomic mass is 10.1. The number of aromatic nitrogens is 4. The van der Waals surface area contributed by atoms with Gasteiger partial charge in [-0.2, -0.15) is 0 Å². The van der Waals surface area contributed by atoms with Gasteiger partial charge in [0.05, 0.1) is 11.1 Å². The highest BCUT2D eigenvalue weighted by molar-refractivity contribution is 5.91. The van der Waals surface area contributed by atoms with E-state index in [9.17, 15) is 4.39 Å². The third-order valence-corrected chi connectivity index (χ3v) is 3.55. The number of anilines is 2. The van der Waals surface area contributed by atoms with E-state index in [4.69, 9.17) is 0 Å². The molecule has 0 amide bonds. The number of fused-ring (bicyclic) bond motifs is 1. The van der Waals surface area contributed by atoms with E-state index in [1.807, 2.05) is 24.3 Å². The summed E-state index contributed by atoms with van der Waals surface area (Å²) < 4.78 is 14.1. The van der Waals surface area contributed by atoms with Crippen molar-refractivity contribution in [2.45, 2.75) is 0 Å². The van der Waals surface area contributed by atoms with Gasteiger partial charge in [-0.1, -0.05) is 24.3 Å². The molecule has 0 saturated heterocycles. The highest BCUT2D eigenvalue weighted by Gasteiger charge is 2.12. The number of nitrogens with zero attached hydrogens (tertiary/aromatic N) is 4. The summed E-state index contributed by atoms with van der Waals surface area (Å²) in [4.78, 5) is 17.0. The van der Waals surface area contributed by atoms with Crippen molar-refractivity contribution in [1.82, 2.24) is 19.9 Å². The van der Waals surface area contributed by atoms with E-state index in [1.165, 1.54) is 12.4 Å². The van der Waals surface area contributed by atoms with Gasteiger partial charge in [-0.25, -0.2) is 24.3 Å². The van der Waals surface area contributed by atoms with E-state index in [0.717, 1.165) is 10.9 Å². The molecule has 24 heavy (non-hydrogen) atoms. The molecule has 4 rings (SSSR count). The summed E-state index contributed by atoms with van der Waals surface area (Å²) in [6, 6.07) is 15.7. The van der Waals surface area contributed by atoms with Crippen LogP contribution in [0.1, 0.15) is 0 Å². The molecule has 0 aliphatic heterocycles. The molecule has 0 atom stereocenters. The molecule has 0 aliphatic rings. The minimum atomic E-state index is -0.360.